The topological polar surface area (TPSA) is 97.2 Å². The Bertz CT molecular complexity index is 1250. The van der Waals surface area contributed by atoms with E-state index in [1.54, 1.807) is 36.3 Å². The molecule has 1 saturated heterocycles. The van der Waals surface area contributed by atoms with Crippen LogP contribution in [0.15, 0.2) is 47.8 Å². The highest BCUT2D eigenvalue weighted by molar-refractivity contribution is 7.90. The van der Waals surface area contributed by atoms with E-state index < -0.39 is 21.9 Å². The van der Waals surface area contributed by atoms with E-state index in [0.29, 0.717) is 30.2 Å². The van der Waals surface area contributed by atoms with Gasteiger partial charge in [-0.15, -0.1) is 0 Å². The summed E-state index contributed by atoms with van der Waals surface area (Å²) in [5, 5.41) is 2.86. The molecule has 31 heavy (non-hydrogen) atoms. The molecule has 1 aromatic carbocycles. The molecular weight excluding hydrogens is 445 g/mol. The van der Waals surface area contributed by atoms with E-state index in [2.05, 4.69) is 15.3 Å². The van der Waals surface area contributed by atoms with Crippen molar-refractivity contribution in [1.29, 1.82) is 0 Å². The quantitative estimate of drug-likeness (QED) is 0.624. The van der Waals surface area contributed by atoms with Crippen molar-refractivity contribution in [3.05, 3.63) is 53.4 Å². The summed E-state index contributed by atoms with van der Waals surface area (Å²) < 4.78 is 38.3. The summed E-state index contributed by atoms with van der Waals surface area (Å²) in [6.07, 6.45) is 5.12. The molecule has 3 heterocycles. The number of rotatable bonds is 5. The largest absolute Gasteiger partial charge is 0.363 e. The molecular formula is C20H19ClFN5O3S. The standard InChI is InChI=1S/C20H19ClFN5O3S/c1-26-9-12(20(28)25-15-4-13(21)5-17(6-15)31(2,29)30)3-18(26)19-23-7-16(8-24-19)27-10-14(22)11-27/h3-9,14H,10-11H2,1-2H3,(H,25,28). The number of hydrogen-bond acceptors (Lipinski definition) is 6. The van der Waals surface area contributed by atoms with E-state index in [1.165, 1.54) is 18.2 Å². The number of aryl methyl sites for hydroxylation is 1. The van der Waals surface area contributed by atoms with Gasteiger partial charge in [-0.2, -0.15) is 0 Å². The van der Waals surface area contributed by atoms with Crippen LogP contribution in [0, 0.1) is 0 Å². The number of amides is 1. The lowest BCUT2D eigenvalue weighted by Crippen LogP contribution is -2.48. The molecule has 0 atom stereocenters. The van der Waals surface area contributed by atoms with Crippen LogP contribution in [0.25, 0.3) is 11.5 Å². The van der Waals surface area contributed by atoms with Gasteiger partial charge in [-0.1, -0.05) is 11.6 Å². The Morgan fingerprint density at radius 3 is 2.48 bits per heavy atom. The van der Waals surface area contributed by atoms with Crippen molar-refractivity contribution >= 4 is 38.7 Å². The van der Waals surface area contributed by atoms with E-state index in [4.69, 9.17) is 11.6 Å². The summed E-state index contributed by atoms with van der Waals surface area (Å²) in [5.74, 6) is -0.0144. The Balaban J connectivity index is 1.54. The number of nitrogens with one attached hydrogen (secondary N) is 1. The number of anilines is 2. The molecule has 1 aliphatic rings. The summed E-state index contributed by atoms with van der Waals surface area (Å²) >= 11 is 5.99. The minimum Gasteiger partial charge on any atom is -0.363 e. The van der Waals surface area contributed by atoms with Crippen molar-refractivity contribution in [2.45, 2.75) is 11.1 Å². The molecule has 3 aromatic rings. The molecule has 2 aromatic heterocycles. The van der Waals surface area contributed by atoms with Crippen LogP contribution >= 0.6 is 11.6 Å². The first-order chi connectivity index (χ1) is 14.6. The summed E-state index contributed by atoms with van der Waals surface area (Å²) in [5.41, 5.74) is 1.97. The first-order valence-electron chi connectivity index (χ1n) is 9.30. The molecule has 1 fully saturated rings. The number of aromatic nitrogens is 3. The minimum absolute atomic E-state index is 0.0128. The van der Waals surface area contributed by atoms with Gasteiger partial charge in [0.1, 0.15) is 6.17 Å². The summed E-state index contributed by atoms with van der Waals surface area (Å²) in [6, 6.07) is 5.77. The normalized spacial score (nSPS) is 14.4. The number of hydrogen-bond donors (Lipinski definition) is 1. The average molecular weight is 464 g/mol. The van der Waals surface area contributed by atoms with Crippen LogP contribution in [-0.4, -0.2) is 54.4 Å². The molecule has 1 aliphatic heterocycles. The lowest BCUT2D eigenvalue weighted by molar-refractivity contribution is 0.102. The Labute approximate surface area is 183 Å². The summed E-state index contributed by atoms with van der Waals surface area (Å²) in [4.78, 5) is 23.2. The van der Waals surface area contributed by atoms with Crippen LogP contribution in [0.5, 0.6) is 0 Å². The number of alkyl halides is 1. The van der Waals surface area contributed by atoms with Crippen LogP contribution in [0.1, 0.15) is 10.4 Å². The average Bonchev–Trinajstić information content (AvgIpc) is 3.06. The maximum absolute atomic E-state index is 13.0. The second-order valence-corrected chi connectivity index (χ2v) is 9.85. The predicted octanol–water partition coefficient (Wildman–Crippen LogP) is 2.95. The first-order valence-corrected chi connectivity index (χ1v) is 11.6. The number of carbonyl (C=O) groups is 1. The summed E-state index contributed by atoms with van der Waals surface area (Å²) in [6.45, 7) is 0.670. The smallest absolute Gasteiger partial charge is 0.257 e. The molecule has 0 aliphatic carbocycles. The van der Waals surface area contributed by atoms with Crippen molar-refractivity contribution < 1.29 is 17.6 Å². The third kappa shape index (κ3) is 4.54. The lowest BCUT2D eigenvalue weighted by atomic mass is 10.2. The molecule has 0 spiro atoms. The zero-order valence-electron chi connectivity index (χ0n) is 16.7. The van der Waals surface area contributed by atoms with Crippen LogP contribution < -0.4 is 10.2 Å². The summed E-state index contributed by atoms with van der Waals surface area (Å²) in [7, 11) is -1.72. The fourth-order valence-corrected chi connectivity index (χ4v) is 4.20. The predicted molar refractivity (Wildman–Crippen MR) is 116 cm³/mol. The van der Waals surface area contributed by atoms with Crippen molar-refractivity contribution in [2.75, 3.05) is 29.6 Å². The third-order valence-electron chi connectivity index (χ3n) is 4.89. The Kier molecular flexibility index (Phi) is 5.44. The van der Waals surface area contributed by atoms with Gasteiger partial charge in [0.25, 0.3) is 5.91 Å². The van der Waals surface area contributed by atoms with Crippen molar-refractivity contribution in [3.8, 4) is 11.5 Å². The lowest BCUT2D eigenvalue weighted by Gasteiger charge is -2.35. The molecule has 8 nitrogen and oxygen atoms in total. The molecule has 0 saturated carbocycles. The maximum Gasteiger partial charge on any atom is 0.257 e. The Hall–Kier alpha value is -2.98. The second-order valence-electron chi connectivity index (χ2n) is 7.39. The van der Waals surface area contributed by atoms with Gasteiger partial charge in [-0.05, 0) is 24.3 Å². The van der Waals surface area contributed by atoms with Gasteiger partial charge in [0, 0.05) is 30.2 Å². The van der Waals surface area contributed by atoms with Crippen LogP contribution in [0.4, 0.5) is 15.8 Å². The van der Waals surface area contributed by atoms with Crippen LogP contribution in [0.3, 0.4) is 0 Å². The van der Waals surface area contributed by atoms with Crippen molar-refractivity contribution in [2.24, 2.45) is 7.05 Å². The van der Waals surface area contributed by atoms with Gasteiger partial charge in [0.05, 0.1) is 47.3 Å². The maximum atomic E-state index is 13.0. The molecule has 1 amide bonds. The fraction of sp³-hybridized carbons (Fsp3) is 0.250. The van der Waals surface area contributed by atoms with Gasteiger partial charge < -0.3 is 14.8 Å². The van der Waals surface area contributed by atoms with Gasteiger partial charge in [-0.3, -0.25) is 4.79 Å². The van der Waals surface area contributed by atoms with E-state index in [0.717, 1.165) is 11.9 Å². The molecule has 1 N–H and O–H groups in total. The molecule has 4 rings (SSSR count). The van der Waals surface area contributed by atoms with Crippen molar-refractivity contribution in [3.63, 3.8) is 0 Å². The van der Waals surface area contributed by atoms with Crippen molar-refractivity contribution in [1.82, 2.24) is 14.5 Å². The van der Waals surface area contributed by atoms with E-state index in [1.807, 2.05) is 4.90 Å². The number of sulfone groups is 1. The van der Waals surface area contributed by atoms with Gasteiger partial charge in [-0.25, -0.2) is 22.8 Å². The Morgan fingerprint density at radius 1 is 1.19 bits per heavy atom. The highest BCUT2D eigenvalue weighted by atomic mass is 35.5. The number of benzene rings is 1. The van der Waals surface area contributed by atoms with E-state index in [-0.39, 0.29) is 15.6 Å². The number of halogens is 2. The van der Waals surface area contributed by atoms with E-state index >= 15 is 0 Å². The zero-order chi connectivity index (χ0) is 22.3. The molecule has 11 heteroatoms. The van der Waals surface area contributed by atoms with Crippen LogP contribution in [-0.2, 0) is 16.9 Å². The molecule has 162 valence electrons. The first kappa shape index (κ1) is 21.3. The molecule has 0 bridgehead atoms. The highest BCUT2D eigenvalue weighted by Crippen LogP contribution is 2.25. The second kappa shape index (κ2) is 7.93. The third-order valence-corrected chi connectivity index (χ3v) is 6.20. The minimum atomic E-state index is -3.48. The zero-order valence-corrected chi connectivity index (χ0v) is 18.3. The van der Waals surface area contributed by atoms with Gasteiger partial charge in [0.15, 0.2) is 15.7 Å². The highest BCUT2D eigenvalue weighted by Gasteiger charge is 2.27. The SMILES string of the molecule is Cn1cc(C(=O)Nc2cc(Cl)cc(S(C)(=O)=O)c2)cc1-c1ncc(N2CC(F)C2)cn1. The van der Waals surface area contributed by atoms with Crippen LogP contribution in [0.2, 0.25) is 5.02 Å². The Morgan fingerprint density at radius 2 is 1.87 bits per heavy atom. The number of carbonyl (C=O) groups excluding carboxylic acids is 1. The van der Waals surface area contributed by atoms with E-state index in [9.17, 15) is 17.6 Å². The number of nitrogens with zero attached hydrogens (tertiary/aromatic N) is 4. The fourth-order valence-electron chi connectivity index (χ4n) is 3.22. The van der Waals surface area contributed by atoms with Gasteiger partial charge >= 0.3 is 0 Å². The molecule has 0 unspecified atom stereocenters. The monoisotopic (exact) mass is 463 g/mol. The molecule has 0 radical (unpaired) electrons. The van der Waals surface area contributed by atoms with Gasteiger partial charge in [0.2, 0.25) is 0 Å².